The maximum absolute atomic E-state index is 12.6. The van der Waals surface area contributed by atoms with Gasteiger partial charge in [0.15, 0.2) is 0 Å². The van der Waals surface area contributed by atoms with Gasteiger partial charge in [-0.25, -0.2) is 13.1 Å². The summed E-state index contributed by atoms with van der Waals surface area (Å²) in [7, 11) is -3.72. The molecular weight excluding hydrogens is 428 g/mol. The van der Waals surface area contributed by atoms with Crippen LogP contribution in [0.4, 0.5) is 5.69 Å². The summed E-state index contributed by atoms with van der Waals surface area (Å²) in [5, 5.41) is 2.74. The lowest BCUT2D eigenvalue weighted by Crippen LogP contribution is -2.48. The minimum atomic E-state index is -3.72. The van der Waals surface area contributed by atoms with Crippen LogP contribution >= 0.6 is 0 Å². The Kier molecular flexibility index (Phi) is 6.88. The van der Waals surface area contributed by atoms with Crippen LogP contribution in [0.15, 0.2) is 53.4 Å². The summed E-state index contributed by atoms with van der Waals surface area (Å²) in [5.74, 6) is -0.106. The smallest absolute Gasteiger partial charge is 0.240 e. The van der Waals surface area contributed by atoms with Crippen LogP contribution in [-0.4, -0.2) is 62.8 Å². The van der Waals surface area contributed by atoms with E-state index in [0.717, 1.165) is 25.2 Å². The van der Waals surface area contributed by atoms with E-state index in [2.05, 4.69) is 27.1 Å². The van der Waals surface area contributed by atoms with Crippen molar-refractivity contribution >= 4 is 27.5 Å². The summed E-state index contributed by atoms with van der Waals surface area (Å²) in [6.07, 6.45) is 0.981. The molecule has 2 aliphatic heterocycles. The summed E-state index contributed by atoms with van der Waals surface area (Å²) in [6, 6.07) is 14.9. The number of aryl methyl sites for hydroxylation is 1. The molecule has 0 saturated carbocycles. The summed E-state index contributed by atoms with van der Waals surface area (Å²) < 4.78 is 27.8. The average molecular weight is 457 g/mol. The van der Waals surface area contributed by atoms with Gasteiger partial charge in [-0.3, -0.25) is 14.5 Å². The molecular formula is C23H28N4O4S. The van der Waals surface area contributed by atoms with E-state index in [4.69, 9.17) is 0 Å². The van der Waals surface area contributed by atoms with Crippen molar-refractivity contribution in [2.24, 2.45) is 0 Å². The molecule has 1 saturated heterocycles. The van der Waals surface area contributed by atoms with Gasteiger partial charge in [0.25, 0.3) is 0 Å². The number of fused-ring (bicyclic) bond motifs is 1. The molecule has 0 bridgehead atoms. The molecule has 4 rings (SSSR count). The fourth-order valence-electron chi connectivity index (χ4n) is 4.06. The maximum Gasteiger partial charge on any atom is 0.240 e. The first-order valence-corrected chi connectivity index (χ1v) is 12.4. The highest BCUT2D eigenvalue weighted by atomic mass is 32.2. The fourth-order valence-corrected chi connectivity index (χ4v) is 5.14. The predicted molar refractivity (Wildman–Crippen MR) is 121 cm³/mol. The van der Waals surface area contributed by atoms with Crippen molar-refractivity contribution < 1.29 is 18.0 Å². The maximum atomic E-state index is 12.6. The summed E-state index contributed by atoms with van der Waals surface area (Å²) in [6.45, 7) is 3.83. The number of benzene rings is 2. The van der Waals surface area contributed by atoms with Crippen molar-refractivity contribution in [3.63, 3.8) is 0 Å². The molecule has 0 aliphatic carbocycles. The molecule has 0 aromatic heterocycles. The molecule has 0 unspecified atom stereocenters. The zero-order chi connectivity index (χ0) is 22.6. The van der Waals surface area contributed by atoms with Crippen LogP contribution in [-0.2, 0) is 32.6 Å². The van der Waals surface area contributed by atoms with Gasteiger partial charge in [0.1, 0.15) is 0 Å². The van der Waals surface area contributed by atoms with Gasteiger partial charge in [0.05, 0.1) is 4.90 Å². The Labute approximate surface area is 188 Å². The number of rotatable bonds is 7. The first kappa shape index (κ1) is 22.4. The van der Waals surface area contributed by atoms with Gasteiger partial charge in [-0.1, -0.05) is 30.3 Å². The molecule has 1 fully saturated rings. The highest BCUT2D eigenvalue weighted by Crippen LogP contribution is 2.25. The van der Waals surface area contributed by atoms with Crippen molar-refractivity contribution in [3.8, 4) is 0 Å². The van der Waals surface area contributed by atoms with Crippen molar-refractivity contribution in [2.45, 2.75) is 30.7 Å². The number of sulfonamides is 1. The summed E-state index contributed by atoms with van der Waals surface area (Å²) in [4.78, 5) is 28.3. The number of carbonyl (C=O) groups is 2. The van der Waals surface area contributed by atoms with Crippen LogP contribution in [0, 0.1) is 0 Å². The van der Waals surface area contributed by atoms with Crippen LogP contribution in [0.2, 0.25) is 0 Å². The second kappa shape index (κ2) is 9.81. The molecule has 2 amide bonds. The van der Waals surface area contributed by atoms with E-state index in [1.807, 2.05) is 18.2 Å². The number of nitrogens with one attached hydrogen (secondary N) is 2. The van der Waals surface area contributed by atoms with Crippen molar-refractivity contribution in [2.75, 3.05) is 38.0 Å². The third-order valence-electron chi connectivity index (χ3n) is 5.89. The van der Waals surface area contributed by atoms with Crippen molar-refractivity contribution in [3.05, 3.63) is 59.7 Å². The minimum Gasteiger partial charge on any atom is -0.340 e. The normalized spacial score (nSPS) is 17.0. The van der Waals surface area contributed by atoms with Gasteiger partial charge in [0.2, 0.25) is 21.8 Å². The van der Waals surface area contributed by atoms with Crippen LogP contribution in [0.3, 0.4) is 0 Å². The lowest BCUT2D eigenvalue weighted by Gasteiger charge is -2.34. The van der Waals surface area contributed by atoms with Gasteiger partial charge in [0, 0.05) is 57.8 Å². The lowest BCUT2D eigenvalue weighted by molar-refractivity contribution is -0.132. The fraction of sp³-hybridized carbons (Fsp3) is 0.391. The Morgan fingerprint density at radius 1 is 1.00 bits per heavy atom. The van der Waals surface area contributed by atoms with E-state index >= 15 is 0 Å². The van der Waals surface area contributed by atoms with E-state index in [9.17, 15) is 18.0 Å². The highest BCUT2D eigenvalue weighted by molar-refractivity contribution is 7.89. The van der Waals surface area contributed by atoms with Crippen molar-refractivity contribution in [1.82, 2.24) is 14.5 Å². The second-order valence-corrected chi connectivity index (χ2v) is 9.92. The van der Waals surface area contributed by atoms with Crippen LogP contribution in [0.25, 0.3) is 0 Å². The molecule has 0 spiro atoms. The second-order valence-electron chi connectivity index (χ2n) is 8.16. The van der Waals surface area contributed by atoms with Gasteiger partial charge < -0.3 is 10.2 Å². The van der Waals surface area contributed by atoms with E-state index in [1.165, 1.54) is 11.6 Å². The molecule has 32 heavy (non-hydrogen) atoms. The monoisotopic (exact) mass is 456 g/mol. The molecule has 0 atom stereocenters. The lowest BCUT2D eigenvalue weighted by atomic mass is 10.0. The molecule has 2 N–H and O–H groups in total. The molecule has 2 aromatic rings. The first-order chi connectivity index (χ1) is 15.4. The number of amides is 2. The van der Waals surface area contributed by atoms with Gasteiger partial charge in [-0.2, -0.15) is 0 Å². The third-order valence-corrected chi connectivity index (χ3v) is 7.35. The number of anilines is 1. The van der Waals surface area contributed by atoms with Gasteiger partial charge in [-0.15, -0.1) is 0 Å². The minimum absolute atomic E-state index is 0.0415. The molecule has 8 nitrogen and oxygen atoms in total. The number of carbonyl (C=O) groups excluding carboxylic acids is 2. The van der Waals surface area contributed by atoms with Crippen LogP contribution in [0.5, 0.6) is 0 Å². The van der Waals surface area contributed by atoms with Crippen LogP contribution < -0.4 is 10.0 Å². The summed E-state index contributed by atoms with van der Waals surface area (Å²) in [5.41, 5.74) is 2.71. The van der Waals surface area contributed by atoms with E-state index in [1.54, 1.807) is 17.0 Å². The van der Waals surface area contributed by atoms with E-state index < -0.39 is 10.0 Å². The standard InChI is InChI=1S/C23H28N4O4S/c28-22-9-6-19-16-20(7-8-21(19)25-22)32(30,31)24-11-10-23(29)27-14-12-26(13-15-27)17-18-4-2-1-3-5-18/h1-5,7-8,16,24H,6,9-15,17H2,(H,25,28). The molecule has 2 heterocycles. The Hall–Kier alpha value is -2.75. The van der Waals surface area contributed by atoms with E-state index in [0.29, 0.717) is 31.6 Å². The number of piperazine rings is 1. The third kappa shape index (κ3) is 5.53. The Bertz CT molecular complexity index is 1080. The topological polar surface area (TPSA) is 98.8 Å². The zero-order valence-electron chi connectivity index (χ0n) is 17.9. The van der Waals surface area contributed by atoms with Crippen LogP contribution in [0.1, 0.15) is 24.0 Å². The Balaban J connectivity index is 1.24. The zero-order valence-corrected chi connectivity index (χ0v) is 18.7. The Morgan fingerprint density at radius 2 is 1.75 bits per heavy atom. The first-order valence-electron chi connectivity index (χ1n) is 10.9. The number of nitrogens with zero attached hydrogens (tertiary/aromatic N) is 2. The summed E-state index contributed by atoms with van der Waals surface area (Å²) >= 11 is 0. The average Bonchev–Trinajstić information content (AvgIpc) is 2.79. The molecule has 0 radical (unpaired) electrons. The number of hydrogen-bond acceptors (Lipinski definition) is 5. The highest BCUT2D eigenvalue weighted by Gasteiger charge is 2.23. The van der Waals surface area contributed by atoms with Gasteiger partial charge >= 0.3 is 0 Å². The molecule has 2 aromatic carbocycles. The molecule has 170 valence electrons. The SMILES string of the molecule is O=C1CCc2cc(S(=O)(=O)NCCC(=O)N3CCN(Cc4ccccc4)CC3)ccc2N1. The molecule has 9 heteroatoms. The predicted octanol–water partition coefficient (Wildman–Crippen LogP) is 1.58. The van der Waals surface area contributed by atoms with E-state index in [-0.39, 0.29) is 29.7 Å². The largest absolute Gasteiger partial charge is 0.340 e. The Morgan fingerprint density at radius 3 is 2.50 bits per heavy atom. The van der Waals surface area contributed by atoms with Crippen molar-refractivity contribution in [1.29, 1.82) is 0 Å². The molecule has 2 aliphatic rings. The number of hydrogen-bond donors (Lipinski definition) is 2. The van der Waals surface area contributed by atoms with Gasteiger partial charge in [-0.05, 0) is 35.7 Å². The quantitative estimate of drug-likeness (QED) is 0.659.